The third-order valence-corrected chi connectivity index (χ3v) is 7.90. The van der Waals surface area contributed by atoms with Crippen molar-refractivity contribution in [1.82, 2.24) is 9.62 Å². The van der Waals surface area contributed by atoms with Crippen LogP contribution in [0.15, 0.2) is 23.1 Å². The maximum absolute atomic E-state index is 13.6. The number of hydrogen-bond donors (Lipinski definition) is 1. The van der Waals surface area contributed by atoms with Crippen LogP contribution in [-0.4, -0.2) is 62.4 Å². The van der Waals surface area contributed by atoms with E-state index in [1.165, 1.54) is 17.3 Å². The van der Waals surface area contributed by atoms with Gasteiger partial charge >= 0.3 is 5.97 Å². The molecule has 0 saturated carbocycles. The Morgan fingerprint density at radius 2 is 1.55 bits per heavy atom. The van der Waals surface area contributed by atoms with Gasteiger partial charge in [-0.25, -0.2) is 13.2 Å². The highest BCUT2D eigenvalue weighted by Crippen LogP contribution is 2.32. The Morgan fingerprint density at radius 3 is 2.12 bits per heavy atom. The van der Waals surface area contributed by atoms with Gasteiger partial charge in [-0.15, -0.1) is 0 Å². The summed E-state index contributed by atoms with van der Waals surface area (Å²) in [4.78, 5) is 27.4. The van der Waals surface area contributed by atoms with Crippen LogP contribution in [-0.2, 0) is 19.6 Å². The third-order valence-electron chi connectivity index (χ3n) is 5.98. The number of ether oxygens (including phenoxy) is 1. The van der Waals surface area contributed by atoms with Crippen molar-refractivity contribution in [1.29, 1.82) is 0 Å². The van der Waals surface area contributed by atoms with E-state index >= 15 is 0 Å². The van der Waals surface area contributed by atoms with Gasteiger partial charge in [0.2, 0.25) is 10.0 Å². The summed E-state index contributed by atoms with van der Waals surface area (Å²) >= 11 is 0. The molecule has 1 atom stereocenters. The first-order valence-electron chi connectivity index (χ1n) is 11.9. The van der Waals surface area contributed by atoms with Gasteiger partial charge in [0.1, 0.15) is 4.90 Å². The molecular weight excluding hydrogens is 442 g/mol. The first-order valence-corrected chi connectivity index (χ1v) is 13.4. The lowest BCUT2D eigenvalue weighted by molar-refractivity contribution is -0.130. The Kier molecular flexibility index (Phi) is 8.05. The molecule has 1 aromatic rings. The Balaban J connectivity index is 1.89. The van der Waals surface area contributed by atoms with Crippen molar-refractivity contribution in [3.8, 4) is 0 Å². The largest absolute Gasteiger partial charge is 0.449 e. The van der Waals surface area contributed by atoms with Crippen LogP contribution < -0.4 is 10.2 Å². The van der Waals surface area contributed by atoms with Crippen molar-refractivity contribution in [3.05, 3.63) is 23.8 Å². The normalized spacial score (nSPS) is 19.1. The number of esters is 1. The lowest BCUT2D eigenvalue weighted by Gasteiger charge is -2.33. The first-order chi connectivity index (χ1) is 15.5. The van der Waals surface area contributed by atoms with Crippen molar-refractivity contribution in [2.75, 3.05) is 31.1 Å². The molecule has 2 aliphatic heterocycles. The molecule has 0 radical (unpaired) electrons. The summed E-state index contributed by atoms with van der Waals surface area (Å²) < 4.78 is 34.1. The molecule has 33 heavy (non-hydrogen) atoms. The van der Waals surface area contributed by atoms with Crippen LogP contribution >= 0.6 is 0 Å². The van der Waals surface area contributed by atoms with Crippen LogP contribution in [0.3, 0.4) is 0 Å². The van der Waals surface area contributed by atoms with Crippen molar-refractivity contribution >= 4 is 27.6 Å². The number of carbonyl (C=O) groups is 2. The minimum atomic E-state index is -3.76. The minimum absolute atomic E-state index is 0.127. The van der Waals surface area contributed by atoms with Crippen LogP contribution in [0.4, 0.5) is 5.69 Å². The zero-order valence-corrected chi connectivity index (χ0v) is 21.0. The molecule has 0 spiro atoms. The number of anilines is 1. The number of carbonyl (C=O) groups excluding carboxylic acids is 2. The Labute approximate surface area is 197 Å². The van der Waals surface area contributed by atoms with Crippen LogP contribution in [0.1, 0.15) is 76.6 Å². The number of piperidine rings is 2. The number of nitrogens with zero attached hydrogens (tertiary/aromatic N) is 2. The number of amides is 1. The average molecular weight is 480 g/mol. The van der Waals surface area contributed by atoms with Gasteiger partial charge in [0.05, 0.1) is 11.3 Å². The van der Waals surface area contributed by atoms with Gasteiger partial charge in [-0.05, 0) is 78.0 Å². The molecule has 0 aliphatic carbocycles. The second kappa shape index (κ2) is 10.4. The minimum Gasteiger partial charge on any atom is -0.449 e. The number of nitrogens with one attached hydrogen (secondary N) is 1. The molecule has 2 aliphatic rings. The molecule has 3 rings (SSSR count). The molecule has 2 fully saturated rings. The summed E-state index contributed by atoms with van der Waals surface area (Å²) in [5.74, 6) is -1.12. The van der Waals surface area contributed by atoms with Gasteiger partial charge in [-0.3, -0.25) is 4.79 Å². The zero-order valence-electron chi connectivity index (χ0n) is 20.2. The van der Waals surface area contributed by atoms with Gasteiger partial charge in [-0.2, -0.15) is 4.31 Å². The average Bonchev–Trinajstić information content (AvgIpc) is 2.78. The van der Waals surface area contributed by atoms with Crippen LogP contribution in [0.2, 0.25) is 0 Å². The fourth-order valence-corrected chi connectivity index (χ4v) is 6.00. The SMILES string of the molecule is CC(OC(=O)c1ccc(N2CCCCC2)c(S(=O)(=O)N2CCCCC2)c1)C(=O)NC(C)(C)C. The topological polar surface area (TPSA) is 96.0 Å². The van der Waals surface area contributed by atoms with Crippen molar-refractivity contribution in [3.63, 3.8) is 0 Å². The van der Waals surface area contributed by atoms with E-state index in [9.17, 15) is 18.0 Å². The summed E-state index contributed by atoms with van der Waals surface area (Å²) in [5.41, 5.74) is 0.306. The summed E-state index contributed by atoms with van der Waals surface area (Å²) in [6, 6.07) is 4.72. The summed E-state index contributed by atoms with van der Waals surface area (Å²) in [5, 5.41) is 2.78. The van der Waals surface area contributed by atoms with E-state index in [4.69, 9.17) is 4.74 Å². The first kappa shape index (κ1) is 25.5. The zero-order chi connectivity index (χ0) is 24.2. The highest BCUT2D eigenvalue weighted by Gasteiger charge is 2.32. The van der Waals surface area contributed by atoms with Crippen molar-refractivity contribution in [2.45, 2.75) is 82.8 Å². The fraction of sp³-hybridized carbons (Fsp3) is 0.667. The summed E-state index contributed by atoms with van der Waals surface area (Å²) in [6.07, 6.45) is 4.83. The molecule has 1 N–H and O–H groups in total. The molecular formula is C24H37N3O5S. The predicted molar refractivity (Wildman–Crippen MR) is 128 cm³/mol. The van der Waals surface area contributed by atoms with E-state index in [2.05, 4.69) is 10.2 Å². The summed E-state index contributed by atoms with van der Waals surface area (Å²) in [7, 11) is -3.76. The highest BCUT2D eigenvalue weighted by molar-refractivity contribution is 7.89. The smallest absolute Gasteiger partial charge is 0.338 e. The van der Waals surface area contributed by atoms with E-state index in [1.807, 2.05) is 20.8 Å². The number of sulfonamides is 1. The monoisotopic (exact) mass is 479 g/mol. The molecule has 1 aromatic carbocycles. The molecule has 1 amide bonds. The lowest BCUT2D eigenvalue weighted by atomic mass is 10.1. The molecule has 1 unspecified atom stereocenters. The number of hydrogen-bond acceptors (Lipinski definition) is 6. The lowest BCUT2D eigenvalue weighted by Crippen LogP contribution is -2.46. The molecule has 2 saturated heterocycles. The highest BCUT2D eigenvalue weighted by atomic mass is 32.2. The van der Waals surface area contributed by atoms with Gasteiger partial charge in [-0.1, -0.05) is 6.42 Å². The molecule has 9 heteroatoms. The van der Waals surface area contributed by atoms with Crippen LogP contribution in [0.25, 0.3) is 0 Å². The van der Waals surface area contributed by atoms with E-state index in [0.717, 1.165) is 51.6 Å². The Hall–Kier alpha value is -2.13. The standard InChI is InChI=1S/C24H37N3O5S/c1-18(22(28)25-24(2,3)4)32-23(29)19-11-12-20(26-13-7-5-8-14-26)21(17-19)33(30,31)27-15-9-6-10-16-27/h11-12,17-18H,5-10,13-16H2,1-4H3,(H,25,28). The van der Waals surface area contributed by atoms with Gasteiger partial charge < -0.3 is 15.0 Å². The Bertz CT molecular complexity index is 959. The van der Waals surface area contributed by atoms with E-state index in [0.29, 0.717) is 18.8 Å². The van der Waals surface area contributed by atoms with Crippen LogP contribution in [0.5, 0.6) is 0 Å². The van der Waals surface area contributed by atoms with E-state index in [1.54, 1.807) is 12.1 Å². The quantitative estimate of drug-likeness (QED) is 0.629. The maximum atomic E-state index is 13.6. The second-order valence-electron chi connectivity index (χ2n) is 9.98. The molecule has 8 nitrogen and oxygen atoms in total. The molecule has 184 valence electrons. The van der Waals surface area contributed by atoms with E-state index < -0.39 is 33.5 Å². The maximum Gasteiger partial charge on any atom is 0.338 e. The Morgan fingerprint density at radius 1 is 0.970 bits per heavy atom. The van der Waals surface area contributed by atoms with Crippen molar-refractivity contribution < 1.29 is 22.7 Å². The molecule has 2 heterocycles. The fourth-order valence-electron chi connectivity index (χ4n) is 4.24. The van der Waals surface area contributed by atoms with E-state index in [-0.39, 0.29) is 10.5 Å². The van der Waals surface area contributed by atoms with Gasteiger partial charge in [0.15, 0.2) is 6.10 Å². The van der Waals surface area contributed by atoms with Gasteiger partial charge in [0, 0.05) is 31.7 Å². The number of rotatable bonds is 6. The predicted octanol–water partition coefficient (Wildman–Crippen LogP) is 3.31. The molecule has 0 bridgehead atoms. The third kappa shape index (κ3) is 6.47. The second-order valence-corrected chi connectivity index (χ2v) is 11.9. The summed E-state index contributed by atoms with van der Waals surface area (Å²) in [6.45, 7) is 9.59. The van der Waals surface area contributed by atoms with Gasteiger partial charge in [0.25, 0.3) is 5.91 Å². The van der Waals surface area contributed by atoms with Crippen LogP contribution in [0, 0.1) is 0 Å². The number of benzene rings is 1. The van der Waals surface area contributed by atoms with Crippen molar-refractivity contribution in [2.24, 2.45) is 0 Å². The molecule has 0 aromatic heterocycles.